The molecule has 11 N–H and O–H groups in total. The zero-order valence-electron chi connectivity index (χ0n) is 31.7. The second-order valence-electron chi connectivity index (χ2n) is 14.1. The first kappa shape index (κ1) is 46.3. The van der Waals surface area contributed by atoms with Gasteiger partial charge >= 0.3 is 17.9 Å². The average Bonchev–Trinajstić information content (AvgIpc) is 3.13. The third kappa shape index (κ3) is 15.8. The van der Waals surface area contributed by atoms with Crippen LogP contribution in [0, 0.1) is 11.8 Å². The number of carbonyl (C=O) groups is 8. The molecule has 0 bridgehead atoms. The number of nitrogens with two attached hydrogens (primary N) is 1. The van der Waals surface area contributed by atoms with E-state index in [0.717, 1.165) is 0 Å². The Bertz CT molecular complexity index is 1690. The van der Waals surface area contributed by atoms with E-state index in [9.17, 15) is 48.6 Å². The molecule has 0 aliphatic carbocycles. The Morgan fingerprint density at radius 3 is 1.80 bits per heavy atom. The molecule has 0 spiro atoms. The van der Waals surface area contributed by atoms with Crippen molar-refractivity contribution in [1.29, 1.82) is 0 Å². The Hall–Kier alpha value is -5.88. The minimum absolute atomic E-state index is 0.0142. The number of amides is 5. The summed E-state index contributed by atoms with van der Waals surface area (Å²) in [7, 11) is 0. The summed E-state index contributed by atoms with van der Waals surface area (Å²) in [5, 5.41) is 51.3. The summed E-state index contributed by atoms with van der Waals surface area (Å²) >= 11 is 0. The first-order valence-corrected chi connectivity index (χ1v) is 18.0. The number of hydrogen-bond acceptors (Lipinski definition) is 10. The summed E-state index contributed by atoms with van der Waals surface area (Å²) in [4.78, 5) is 100. The Kier molecular flexibility index (Phi) is 18.6. The van der Waals surface area contributed by atoms with Crippen LogP contribution in [0.25, 0.3) is 0 Å². The van der Waals surface area contributed by atoms with E-state index in [4.69, 9.17) is 15.9 Å². The molecule has 0 unspecified atom stereocenters. The van der Waals surface area contributed by atoms with Crippen LogP contribution in [0.5, 0.6) is 0 Å². The van der Waals surface area contributed by atoms with E-state index in [1.54, 1.807) is 58.0 Å². The highest BCUT2D eigenvalue weighted by Crippen LogP contribution is 2.13. The SMILES string of the molecule is CC(C)C[C@H](NC(=O)[C@@H](NC(=O)[C@@H](N)CCC(=O)O)C(C)C)C(=O)N[C@@H](Cc1ccccc1)[C@@H](O)C(=O)N[C@@H](CC(=O)O)C(=O)NCc1ccc(C(=O)O)cc1. The lowest BCUT2D eigenvalue weighted by Crippen LogP contribution is -2.60. The summed E-state index contributed by atoms with van der Waals surface area (Å²) in [5.41, 5.74) is 6.91. The Balaban J connectivity index is 2.29. The molecule has 5 amide bonds. The van der Waals surface area contributed by atoms with Gasteiger partial charge < -0.3 is 52.7 Å². The zero-order valence-corrected chi connectivity index (χ0v) is 31.7. The number of benzene rings is 2. The van der Waals surface area contributed by atoms with Crippen LogP contribution in [-0.2, 0) is 46.5 Å². The molecule has 56 heavy (non-hydrogen) atoms. The fourth-order valence-electron chi connectivity index (χ4n) is 5.46. The van der Waals surface area contributed by atoms with Gasteiger partial charge in [-0.3, -0.25) is 33.6 Å². The van der Waals surface area contributed by atoms with E-state index in [-0.39, 0.29) is 43.7 Å². The number of carbonyl (C=O) groups excluding carboxylic acids is 5. The number of nitrogens with one attached hydrogen (secondary N) is 5. The van der Waals surface area contributed by atoms with Crippen molar-refractivity contribution >= 4 is 47.4 Å². The van der Waals surface area contributed by atoms with Crippen molar-refractivity contribution in [3.8, 4) is 0 Å². The first-order chi connectivity index (χ1) is 26.3. The average molecular weight is 785 g/mol. The standard InChI is InChI=1S/C38H52N6O12/c1-20(2)16-27(42-36(53)31(21(3)4)44-33(50)25(39)14-15-29(45)46)35(52)41-26(17-22-8-6-5-7-9-22)32(49)37(54)43-28(18-30(47)48)34(51)40-19-23-10-12-24(13-11-23)38(55)56/h5-13,20-21,25-28,31-32,49H,14-19,39H2,1-4H3,(H,40,51)(H,41,52)(H,42,53)(H,43,54)(H,44,50)(H,45,46)(H,47,48)(H,55,56)/t25-,26-,27-,28-,31-,32+/m0/s1. The Labute approximate surface area is 324 Å². The van der Waals surface area contributed by atoms with Crippen LogP contribution in [0.1, 0.15) is 74.9 Å². The lowest BCUT2D eigenvalue weighted by Gasteiger charge is -2.30. The molecule has 2 rings (SSSR count). The van der Waals surface area contributed by atoms with Crippen molar-refractivity contribution in [2.24, 2.45) is 17.6 Å². The van der Waals surface area contributed by atoms with Gasteiger partial charge in [-0.1, -0.05) is 70.2 Å². The predicted octanol–water partition coefficient (Wildman–Crippen LogP) is -0.0873. The normalized spacial score (nSPS) is 14.3. The van der Waals surface area contributed by atoms with E-state index in [1.165, 1.54) is 24.3 Å². The first-order valence-electron chi connectivity index (χ1n) is 18.0. The molecule has 0 aliphatic heterocycles. The molecule has 0 aliphatic rings. The molecule has 0 fully saturated rings. The van der Waals surface area contributed by atoms with Gasteiger partial charge in [0, 0.05) is 13.0 Å². The quantitative estimate of drug-likeness (QED) is 0.0706. The number of aliphatic hydroxyl groups is 1. The van der Waals surface area contributed by atoms with Gasteiger partial charge in [-0.15, -0.1) is 0 Å². The van der Waals surface area contributed by atoms with E-state index < -0.39 is 96.1 Å². The molecule has 2 aromatic rings. The van der Waals surface area contributed by atoms with Gasteiger partial charge in [0.2, 0.25) is 23.6 Å². The van der Waals surface area contributed by atoms with Gasteiger partial charge in [-0.05, 0) is 54.4 Å². The highest BCUT2D eigenvalue weighted by Gasteiger charge is 2.35. The Morgan fingerprint density at radius 2 is 1.27 bits per heavy atom. The summed E-state index contributed by atoms with van der Waals surface area (Å²) in [6.07, 6.45) is -3.44. The summed E-state index contributed by atoms with van der Waals surface area (Å²) in [6.45, 7) is 6.73. The van der Waals surface area contributed by atoms with Gasteiger partial charge in [0.05, 0.1) is 24.1 Å². The number of rotatable bonds is 23. The molecular formula is C38H52N6O12. The number of hydrogen-bond donors (Lipinski definition) is 10. The monoisotopic (exact) mass is 784 g/mol. The third-order valence-electron chi connectivity index (χ3n) is 8.55. The van der Waals surface area contributed by atoms with Crippen LogP contribution in [-0.4, -0.2) is 104 Å². The summed E-state index contributed by atoms with van der Waals surface area (Å²) < 4.78 is 0. The van der Waals surface area contributed by atoms with E-state index >= 15 is 0 Å². The van der Waals surface area contributed by atoms with E-state index in [0.29, 0.717) is 11.1 Å². The molecule has 6 atom stereocenters. The molecule has 0 radical (unpaired) electrons. The molecule has 0 saturated carbocycles. The number of aliphatic hydroxyl groups excluding tert-OH is 1. The van der Waals surface area contributed by atoms with Crippen LogP contribution in [0.3, 0.4) is 0 Å². The van der Waals surface area contributed by atoms with Crippen molar-refractivity contribution in [1.82, 2.24) is 26.6 Å². The van der Waals surface area contributed by atoms with Crippen molar-refractivity contribution in [2.45, 2.75) is 103 Å². The van der Waals surface area contributed by atoms with Crippen molar-refractivity contribution < 1.29 is 58.8 Å². The minimum Gasteiger partial charge on any atom is -0.481 e. The van der Waals surface area contributed by atoms with Gasteiger partial charge in [0.15, 0.2) is 6.10 Å². The summed E-state index contributed by atoms with van der Waals surface area (Å²) in [5.74, 6) is -8.75. The number of aliphatic carboxylic acids is 2. The number of carboxylic acid groups (broad SMARTS) is 3. The molecule has 0 saturated heterocycles. The van der Waals surface area contributed by atoms with Crippen molar-refractivity contribution in [3.63, 3.8) is 0 Å². The van der Waals surface area contributed by atoms with Crippen LogP contribution in [0.2, 0.25) is 0 Å². The highest BCUT2D eigenvalue weighted by molar-refractivity contribution is 5.95. The van der Waals surface area contributed by atoms with Crippen LogP contribution in [0.15, 0.2) is 54.6 Å². The second-order valence-corrected chi connectivity index (χ2v) is 14.1. The van der Waals surface area contributed by atoms with E-state index in [1.807, 2.05) is 0 Å². The number of carboxylic acids is 3. The zero-order chi connectivity index (χ0) is 42.1. The maximum absolute atomic E-state index is 13.9. The van der Waals surface area contributed by atoms with Crippen LogP contribution in [0.4, 0.5) is 0 Å². The fraction of sp³-hybridized carbons (Fsp3) is 0.474. The third-order valence-corrected chi connectivity index (χ3v) is 8.55. The minimum atomic E-state index is -2.03. The molecule has 18 heteroatoms. The van der Waals surface area contributed by atoms with Gasteiger partial charge in [-0.2, -0.15) is 0 Å². The lowest BCUT2D eigenvalue weighted by molar-refractivity contribution is -0.142. The molecule has 2 aromatic carbocycles. The Morgan fingerprint density at radius 1 is 0.661 bits per heavy atom. The van der Waals surface area contributed by atoms with Gasteiger partial charge in [0.25, 0.3) is 5.91 Å². The molecule has 18 nitrogen and oxygen atoms in total. The molecule has 0 aromatic heterocycles. The van der Waals surface area contributed by atoms with Gasteiger partial charge in [0.1, 0.15) is 18.1 Å². The topological polar surface area (TPSA) is 304 Å². The molecule has 0 heterocycles. The number of aromatic carboxylic acids is 1. The van der Waals surface area contributed by atoms with Crippen LogP contribution >= 0.6 is 0 Å². The maximum Gasteiger partial charge on any atom is 0.335 e. The molecule has 306 valence electrons. The highest BCUT2D eigenvalue weighted by atomic mass is 16.4. The smallest absolute Gasteiger partial charge is 0.335 e. The van der Waals surface area contributed by atoms with Crippen LogP contribution < -0.4 is 32.3 Å². The van der Waals surface area contributed by atoms with E-state index in [2.05, 4.69) is 26.6 Å². The largest absolute Gasteiger partial charge is 0.481 e. The van der Waals surface area contributed by atoms with Gasteiger partial charge in [-0.25, -0.2) is 4.79 Å². The predicted molar refractivity (Wildman–Crippen MR) is 201 cm³/mol. The van der Waals surface area contributed by atoms with Crippen molar-refractivity contribution in [2.75, 3.05) is 0 Å². The summed E-state index contributed by atoms with van der Waals surface area (Å²) in [6, 6.07) is 7.38. The molecular weight excluding hydrogens is 732 g/mol. The lowest BCUT2D eigenvalue weighted by atomic mass is 9.97. The fourth-order valence-corrected chi connectivity index (χ4v) is 5.46. The van der Waals surface area contributed by atoms with Crippen molar-refractivity contribution in [3.05, 3.63) is 71.3 Å². The maximum atomic E-state index is 13.9. The second kappa shape index (κ2) is 22.5.